The maximum Gasteiger partial charge on any atom is 0.123 e. The molecule has 0 aliphatic rings. The lowest BCUT2D eigenvalue weighted by Gasteiger charge is -2.04. The Bertz CT molecular complexity index is 319. The largest absolute Gasteiger partial charge is 0.207 e. The van der Waals surface area contributed by atoms with Crippen LogP contribution in [0.25, 0.3) is 0 Å². The fraction of sp³-hybridized carbons (Fsp3) is 0.300. The number of nitriles is 1. The summed E-state index contributed by atoms with van der Waals surface area (Å²) in [4.78, 5) is 0. The van der Waals surface area contributed by atoms with Gasteiger partial charge in [0.2, 0.25) is 0 Å². The van der Waals surface area contributed by atoms with Crippen LogP contribution in [0.4, 0.5) is 4.39 Å². The average Bonchev–Trinajstić information content (AvgIpc) is 2.14. The van der Waals surface area contributed by atoms with Gasteiger partial charge in [0.15, 0.2) is 0 Å². The van der Waals surface area contributed by atoms with Gasteiger partial charge < -0.3 is 0 Å². The first-order chi connectivity index (χ1) is 6.26. The molecule has 1 atom stereocenters. The average molecular weight is 242 g/mol. The molecule has 0 bridgehead atoms. The van der Waals surface area contributed by atoms with E-state index in [1.165, 1.54) is 12.1 Å². The van der Waals surface area contributed by atoms with Crippen LogP contribution in [0, 0.1) is 23.1 Å². The Morgan fingerprint density at radius 1 is 1.54 bits per heavy atom. The van der Waals surface area contributed by atoms with E-state index in [0.29, 0.717) is 11.8 Å². The second kappa shape index (κ2) is 4.98. The molecule has 0 radical (unpaired) electrons. The van der Waals surface area contributed by atoms with Gasteiger partial charge in [-0.05, 0) is 24.1 Å². The van der Waals surface area contributed by atoms with E-state index >= 15 is 0 Å². The molecular formula is C10H9BrFN. The third kappa shape index (κ3) is 3.16. The molecule has 3 heteroatoms. The summed E-state index contributed by atoms with van der Waals surface area (Å²) in [5, 5.41) is 9.31. The molecule has 0 N–H and O–H groups in total. The van der Waals surface area contributed by atoms with Crippen LogP contribution < -0.4 is 0 Å². The van der Waals surface area contributed by atoms with Crippen LogP contribution in [-0.2, 0) is 6.42 Å². The third-order valence-electron chi connectivity index (χ3n) is 1.74. The van der Waals surface area contributed by atoms with Gasteiger partial charge in [0.25, 0.3) is 0 Å². The number of hydrogen-bond donors (Lipinski definition) is 0. The van der Waals surface area contributed by atoms with Gasteiger partial charge in [-0.1, -0.05) is 28.1 Å². The van der Waals surface area contributed by atoms with Crippen LogP contribution in [0.1, 0.15) is 5.56 Å². The first-order valence-corrected chi connectivity index (χ1v) is 5.08. The van der Waals surface area contributed by atoms with Gasteiger partial charge in [-0.3, -0.25) is 0 Å². The zero-order valence-corrected chi connectivity index (χ0v) is 8.59. The molecule has 1 unspecified atom stereocenters. The Labute approximate surface area is 85.3 Å². The lowest BCUT2D eigenvalue weighted by atomic mass is 10.0. The summed E-state index contributed by atoms with van der Waals surface area (Å²) >= 11 is 3.24. The first-order valence-electron chi connectivity index (χ1n) is 3.96. The van der Waals surface area contributed by atoms with Gasteiger partial charge >= 0.3 is 0 Å². The van der Waals surface area contributed by atoms with E-state index in [1.807, 2.05) is 6.07 Å². The molecule has 0 aromatic heterocycles. The molecule has 1 aromatic carbocycles. The van der Waals surface area contributed by atoms with Crippen molar-refractivity contribution in [3.8, 4) is 6.07 Å². The maximum absolute atomic E-state index is 12.7. The summed E-state index contributed by atoms with van der Waals surface area (Å²) in [5.41, 5.74) is 0.867. The predicted molar refractivity (Wildman–Crippen MR) is 53.0 cm³/mol. The van der Waals surface area contributed by atoms with Crippen molar-refractivity contribution in [1.82, 2.24) is 0 Å². The summed E-state index contributed by atoms with van der Waals surface area (Å²) in [7, 11) is 0. The van der Waals surface area contributed by atoms with Crippen molar-refractivity contribution in [3.05, 3.63) is 35.6 Å². The SMILES string of the molecule is N#CC(CBr)Cc1cccc(F)c1. The highest BCUT2D eigenvalue weighted by Crippen LogP contribution is 2.11. The summed E-state index contributed by atoms with van der Waals surface area (Å²) in [5.74, 6) is -0.328. The number of alkyl halides is 1. The fourth-order valence-electron chi connectivity index (χ4n) is 1.08. The minimum atomic E-state index is -0.247. The molecule has 13 heavy (non-hydrogen) atoms. The smallest absolute Gasteiger partial charge is 0.123 e. The van der Waals surface area contributed by atoms with E-state index in [4.69, 9.17) is 5.26 Å². The number of halogens is 2. The molecule has 1 nitrogen and oxygen atoms in total. The van der Waals surface area contributed by atoms with Crippen LogP contribution in [0.5, 0.6) is 0 Å². The molecule has 68 valence electrons. The van der Waals surface area contributed by atoms with Crippen molar-refractivity contribution < 1.29 is 4.39 Å². The maximum atomic E-state index is 12.7. The summed E-state index contributed by atoms with van der Waals surface area (Å²) < 4.78 is 12.7. The highest BCUT2D eigenvalue weighted by atomic mass is 79.9. The molecule has 0 saturated heterocycles. The van der Waals surface area contributed by atoms with Gasteiger partial charge in [0.1, 0.15) is 5.82 Å². The molecule has 0 aliphatic heterocycles. The molecule has 0 fully saturated rings. The lowest BCUT2D eigenvalue weighted by molar-refractivity contribution is 0.623. The van der Waals surface area contributed by atoms with Crippen molar-refractivity contribution in [3.63, 3.8) is 0 Å². The second-order valence-corrected chi connectivity index (χ2v) is 3.46. The highest BCUT2D eigenvalue weighted by Gasteiger charge is 2.06. The van der Waals surface area contributed by atoms with E-state index in [2.05, 4.69) is 22.0 Å². The quantitative estimate of drug-likeness (QED) is 0.747. The van der Waals surface area contributed by atoms with Crippen LogP contribution in [0.2, 0.25) is 0 Å². The zero-order chi connectivity index (χ0) is 9.68. The highest BCUT2D eigenvalue weighted by molar-refractivity contribution is 9.09. The molecule has 0 amide bonds. The van der Waals surface area contributed by atoms with Crippen molar-refractivity contribution in [1.29, 1.82) is 5.26 Å². The summed E-state index contributed by atoms with van der Waals surface area (Å²) in [6, 6.07) is 8.51. The Morgan fingerprint density at radius 2 is 2.31 bits per heavy atom. The van der Waals surface area contributed by atoms with E-state index in [0.717, 1.165) is 5.56 Å². The van der Waals surface area contributed by atoms with E-state index in [-0.39, 0.29) is 11.7 Å². The van der Waals surface area contributed by atoms with Gasteiger partial charge in [-0.2, -0.15) is 5.26 Å². The van der Waals surface area contributed by atoms with E-state index in [9.17, 15) is 4.39 Å². The van der Waals surface area contributed by atoms with Gasteiger partial charge in [0, 0.05) is 5.33 Å². The molecule has 0 saturated carbocycles. The monoisotopic (exact) mass is 241 g/mol. The standard InChI is InChI=1S/C10H9BrFN/c11-6-9(7-13)4-8-2-1-3-10(12)5-8/h1-3,5,9H,4,6H2. The van der Waals surface area contributed by atoms with Crippen LogP contribution in [0.3, 0.4) is 0 Å². The van der Waals surface area contributed by atoms with Crippen LogP contribution in [0.15, 0.2) is 24.3 Å². The topological polar surface area (TPSA) is 23.8 Å². The van der Waals surface area contributed by atoms with E-state index < -0.39 is 0 Å². The second-order valence-electron chi connectivity index (χ2n) is 2.81. The summed E-state index contributed by atoms with van der Waals surface area (Å²) in [6.07, 6.45) is 0.597. The number of benzene rings is 1. The van der Waals surface area contributed by atoms with Gasteiger partial charge in [-0.25, -0.2) is 4.39 Å². The predicted octanol–water partition coefficient (Wildman–Crippen LogP) is 2.90. The lowest BCUT2D eigenvalue weighted by Crippen LogP contribution is -2.02. The van der Waals surface area contributed by atoms with Crippen molar-refractivity contribution in [2.24, 2.45) is 5.92 Å². The number of rotatable bonds is 3. The van der Waals surface area contributed by atoms with Crippen molar-refractivity contribution in [2.75, 3.05) is 5.33 Å². The Hall–Kier alpha value is -0.880. The molecule has 1 rings (SSSR count). The Kier molecular flexibility index (Phi) is 3.91. The van der Waals surface area contributed by atoms with Crippen molar-refractivity contribution in [2.45, 2.75) is 6.42 Å². The van der Waals surface area contributed by atoms with Gasteiger partial charge in [-0.15, -0.1) is 0 Å². The Balaban J connectivity index is 2.69. The number of nitrogens with zero attached hydrogens (tertiary/aromatic N) is 1. The van der Waals surface area contributed by atoms with Crippen molar-refractivity contribution >= 4 is 15.9 Å². The third-order valence-corrected chi connectivity index (χ3v) is 2.52. The molecule has 0 heterocycles. The summed E-state index contributed by atoms with van der Waals surface area (Å²) in [6.45, 7) is 0. The minimum absolute atomic E-state index is 0.0817. The van der Waals surface area contributed by atoms with Crippen LogP contribution in [-0.4, -0.2) is 5.33 Å². The van der Waals surface area contributed by atoms with Gasteiger partial charge in [0.05, 0.1) is 12.0 Å². The zero-order valence-electron chi connectivity index (χ0n) is 7.00. The van der Waals surface area contributed by atoms with E-state index in [1.54, 1.807) is 6.07 Å². The normalized spacial score (nSPS) is 12.1. The number of hydrogen-bond acceptors (Lipinski definition) is 1. The fourth-order valence-corrected chi connectivity index (χ4v) is 1.46. The first kappa shape index (κ1) is 10.2. The molecule has 1 aromatic rings. The van der Waals surface area contributed by atoms with Crippen LogP contribution >= 0.6 is 15.9 Å². The molecular weight excluding hydrogens is 233 g/mol. The molecule has 0 aliphatic carbocycles. The Morgan fingerprint density at radius 3 is 2.85 bits per heavy atom. The minimum Gasteiger partial charge on any atom is -0.207 e. The molecule has 0 spiro atoms.